The first-order valence-corrected chi connectivity index (χ1v) is 8.40. The van der Waals surface area contributed by atoms with E-state index >= 15 is 0 Å². The molecule has 0 bridgehead atoms. The number of methoxy groups -OCH3 is 1. The Morgan fingerprint density at radius 3 is 2.62 bits per heavy atom. The Morgan fingerprint density at radius 1 is 1.12 bits per heavy atom. The highest BCUT2D eigenvalue weighted by molar-refractivity contribution is 5.96. The van der Waals surface area contributed by atoms with Crippen molar-refractivity contribution < 1.29 is 14.6 Å². The molecule has 1 atom stereocenters. The zero-order valence-corrected chi connectivity index (χ0v) is 14.0. The number of phenolic OH excluding ortho intramolecular Hbond substituents is 1. The van der Waals surface area contributed by atoms with E-state index < -0.39 is 0 Å². The van der Waals surface area contributed by atoms with Gasteiger partial charge in [0.25, 0.3) is 0 Å². The summed E-state index contributed by atoms with van der Waals surface area (Å²) in [5.41, 5.74) is 6.35. The van der Waals surface area contributed by atoms with Gasteiger partial charge in [0.1, 0.15) is 11.5 Å². The molecule has 1 aliphatic heterocycles. The fourth-order valence-electron chi connectivity index (χ4n) is 3.96. The van der Waals surface area contributed by atoms with Crippen LogP contribution in [0.25, 0.3) is 0 Å². The number of fused-ring (bicyclic) bond motifs is 2. The number of hydrogen-bond donors (Lipinski definition) is 2. The third kappa shape index (κ3) is 2.33. The van der Waals surface area contributed by atoms with Crippen molar-refractivity contribution in [2.45, 2.75) is 38.5 Å². The molecular weight excluding hydrogens is 302 g/mol. The summed E-state index contributed by atoms with van der Waals surface area (Å²) in [6.45, 7) is 1.88. The fraction of sp³-hybridized carbons (Fsp3) is 0.350. The van der Waals surface area contributed by atoms with Crippen LogP contribution in [0.15, 0.2) is 24.3 Å². The number of rotatable bonds is 2. The second-order valence-electron chi connectivity index (χ2n) is 6.75. The summed E-state index contributed by atoms with van der Waals surface area (Å²) in [7, 11) is 1.69. The first-order chi connectivity index (χ1) is 11.6. The number of aryl methyl sites for hydroxylation is 3. The van der Waals surface area contributed by atoms with Crippen molar-refractivity contribution in [2.24, 2.45) is 0 Å². The summed E-state index contributed by atoms with van der Waals surface area (Å²) in [6, 6.07) is 7.98. The van der Waals surface area contributed by atoms with Crippen molar-refractivity contribution in [3.05, 3.63) is 52.1 Å². The molecule has 0 fully saturated rings. The van der Waals surface area contributed by atoms with Crippen LogP contribution < -0.4 is 10.1 Å². The number of anilines is 1. The Bertz CT molecular complexity index is 841. The van der Waals surface area contributed by atoms with Gasteiger partial charge in [-0.25, -0.2) is 0 Å². The predicted octanol–water partition coefficient (Wildman–Crippen LogP) is 3.67. The Kier molecular flexibility index (Phi) is 3.48. The van der Waals surface area contributed by atoms with Gasteiger partial charge in [0.05, 0.1) is 7.11 Å². The van der Waals surface area contributed by atoms with Gasteiger partial charge in [-0.1, -0.05) is 6.07 Å². The van der Waals surface area contributed by atoms with Crippen molar-refractivity contribution in [2.75, 3.05) is 12.4 Å². The lowest BCUT2D eigenvalue weighted by molar-refractivity contribution is -0.116. The van der Waals surface area contributed by atoms with Gasteiger partial charge in [0.2, 0.25) is 5.91 Å². The molecule has 0 radical (unpaired) electrons. The molecule has 0 aromatic heterocycles. The van der Waals surface area contributed by atoms with Crippen LogP contribution in [-0.2, 0) is 17.6 Å². The van der Waals surface area contributed by atoms with Gasteiger partial charge in [-0.2, -0.15) is 0 Å². The van der Waals surface area contributed by atoms with E-state index in [4.69, 9.17) is 4.74 Å². The van der Waals surface area contributed by atoms with Crippen LogP contribution in [0.1, 0.15) is 46.6 Å². The Hall–Kier alpha value is -2.49. The summed E-state index contributed by atoms with van der Waals surface area (Å²) < 4.78 is 5.65. The Morgan fingerprint density at radius 2 is 1.88 bits per heavy atom. The van der Waals surface area contributed by atoms with Crippen molar-refractivity contribution >= 4 is 11.6 Å². The molecule has 2 N–H and O–H groups in total. The minimum atomic E-state index is -0.0473. The van der Waals surface area contributed by atoms with E-state index in [0.717, 1.165) is 35.3 Å². The second-order valence-corrected chi connectivity index (χ2v) is 6.75. The van der Waals surface area contributed by atoms with Crippen molar-refractivity contribution in [1.82, 2.24) is 0 Å². The number of phenols is 1. The monoisotopic (exact) mass is 323 g/mol. The molecule has 124 valence electrons. The Balaban J connectivity index is 1.89. The van der Waals surface area contributed by atoms with Gasteiger partial charge >= 0.3 is 0 Å². The van der Waals surface area contributed by atoms with E-state index in [-0.39, 0.29) is 17.6 Å². The number of hydrogen-bond acceptors (Lipinski definition) is 3. The van der Waals surface area contributed by atoms with E-state index in [9.17, 15) is 9.90 Å². The zero-order chi connectivity index (χ0) is 16.8. The minimum absolute atomic E-state index is 0.0293. The maximum absolute atomic E-state index is 12.2. The fourth-order valence-corrected chi connectivity index (χ4v) is 3.96. The van der Waals surface area contributed by atoms with Crippen molar-refractivity contribution in [3.63, 3.8) is 0 Å². The summed E-state index contributed by atoms with van der Waals surface area (Å²) >= 11 is 0. The lowest BCUT2D eigenvalue weighted by Gasteiger charge is -2.28. The molecule has 4 rings (SSSR count). The number of benzene rings is 2. The molecule has 0 saturated carbocycles. The standard InChI is InChI=1S/C20H21NO3/c1-11-6-15-14(9-20(23)21-17(15)10-18(11)22)16-7-12-4-3-5-13(12)8-19(16)24-2/h6-8,10,14,22H,3-5,9H2,1-2H3,(H,21,23). The molecule has 2 aliphatic rings. The first-order valence-electron chi connectivity index (χ1n) is 8.40. The van der Waals surface area contributed by atoms with E-state index in [0.29, 0.717) is 12.1 Å². The van der Waals surface area contributed by atoms with Crippen LogP contribution in [0.4, 0.5) is 5.69 Å². The number of aromatic hydroxyl groups is 1. The molecule has 1 amide bonds. The highest BCUT2D eigenvalue weighted by atomic mass is 16.5. The number of carbonyl (C=O) groups is 1. The van der Waals surface area contributed by atoms with Gasteiger partial charge in [-0.15, -0.1) is 0 Å². The summed E-state index contributed by atoms with van der Waals surface area (Å²) in [6.07, 6.45) is 3.76. The number of carbonyl (C=O) groups excluding carboxylic acids is 1. The average molecular weight is 323 g/mol. The molecule has 1 unspecified atom stereocenters. The van der Waals surface area contributed by atoms with Gasteiger partial charge in [0, 0.05) is 29.7 Å². The highest BCUT2D eigenvalue weighted by Gasteiger charge is 2.30. The van der Waals surface area contributed by atoms with Crippen LogP contribution in [0.2, 0.25) is 0 Å². The van der Waals surface area contributed by atoms with Gasteiger partial charge in [-0.05, 0) is 60.6 Å². The Labute approximate surface area is 141 Å². The second kappa shape index (κ2) is 5.55. The van der Waals surface area contributed by atoms with Crippen LogP contribution in [0.5, 0.6) is 11.5 Å². The van der Waals surface area contributed by atoms with E-state index in [2.05, 4.69) is 17.4 Å². The topological polar surface area (TPSA) is 58.6 Å². The quantitative estimate of drug-likeness (QED) is 0.886. The number of amides is 1. The van der Waals surface area contributed by atoms with Crippen LogP contribution in [0, 0.1) is 6.92 Å². The molecule has 4 nitrogen and oxygen atoms in total. The molecule has 24 heavy (non-hydrogen) atoms. The first kappa shape index (κ1) is 15.1. The lowest BCUT2D eigenvalue weighted by atomic mass is 9.82. The SMILES string of the molecule is COc1cc2c(cc1C1CC(=O)Nc3cc(O)c(C)cc31)CCC2. The van der Waals surface area contributed by atoms with Gasteiger partial charge in [0.15, 0.2) is 0 Å². The molecule has 0 saturated heterocycles. The molecule has 2 aromatic carbocycles. The maximum Gasteiger partial charge on any atom is 0.225 e. The van der Waals surface area contributed by atoms with Crippen molar-refractivity contribution in [1.29, 1.82) is 0 Å². The largest absolute Gasteiger partial charge is 0.508 e. The molecule has 1 aliphatic carbocycles. The van der Waals surface area contributed by atoms with E-state index in [1.807, 2.05) is 13.0 Å². The summed E-state index contributed by atoms with van der Waals surface area (Å²) in [5.74, 6) is 0.981. The zero-order valence-electron chi connectivity index (χ0n) is 14.0. The minimum Gasteiger partial charge on any atom is -0.508 e. The van der Waals surface area contributed by atoms with Crippen LogP contribution in [0.3, 0.4) is 0 Å². The number of nitrogens with one attached hydrogen (secondary N) is 1. The van der Waals surface area contributed by atoms with Crippen molar-refractivity contribution in [3.8, 4) is 11.5 Å². The molecule has 2 aromatic rings. The molecular formula is C20H21NO3. The van der Waals surface area contributed by atoms with Crippen LogP contribution >= 0.6 is 0 Å². The highest BCUT2D eigenvalue weighted by Crippen LogP contribution is 2.44. The molecule has 4 heteroatoms. The lowest BCUT2D eigenvalue weighted by Crippen LogP contribution is -2.24. The summed E-state index contributed by atoms with van der Waals surface area (Å²) in [4.78, 5) is 12.2. The van der Waals surface area contributed by atoms with E-state index in [1.54, 1.807) is 13.2 Å². The third-order valence-electron chi connectivity index (χ3n) is 5.23. The number of ether oxygens (including phenoxy) is 1. The van der Waals surface area contributed by atoms with E-state index in [1.165, 1.54) is 17.5 Å². The summed E-state index contributed by atoms with van der Waals surface area (Å²) in [5, 5.41) is 12.8. The third-order valence-corrected chi connectivity index (χ3v) is 5.23. The normalized spacial score (nSPS) is 18.8. The average Bonchev–Trinajstić information content (AvgIpc) is 3.01. The predicted molar refractivity (Wildman–Crippen MR) is 93.0 cm³/mol. The molecule has 0 spiro atoms. The van der Waals surface area contributed by atoms with Gasteiger partial charge < -0.3 is 15.2 Å². The van der Waals surface area contributed by atoms with Crippen LogP contribution in [-0.4, -0.2) is 18.1 Å². The maximum atomic E-state index is 12.2. The molecule has 1 heterocycles. The smallest absolute Gasteiger partial charge is 0.225 e. The van der Waals surface area contributed by atoms with Gasteiger partial charge in [-0.3, -0.25) is 4.79 Å².